The van der Waals surface area contributed by atoms with Gasteiger partial charge in [-0.25, -0.2) is 0 Å². The molecule has 0 aliphatic carbocycles. The van der Waals surface area contributed by atoms with Gasteiger partial charge in [0.05, 0.1) is 6.61 Å². The molecule has 0 saturated heterocycles. The van der Waals surface area contributed by atoms with E-state index in [1.165, 1.54) is 0 Å². The largest absolute Gasteiger partial charge is 0.494 e. The van der Waals surface area contributed by atoms with Gasteiger partial charge in [-0.2, -0.15) is 0 Å². The van der Waals surface area contributed by atoms with Gasteiger partial charge < -0.3 is 14.2 Å². The molecule has 2 aromatic carbocycles. The van der Waals surface area contributed by atoms with Crippen LogP contribution < -0.4 is 14.2 Å². The van der Waals surface area contributed by atoms with Crippen molar-refractivity contribution in [2.75, 3.05) is 19.8 Å². The fourth-order valence-corrected chi connectivity index (χ4v) is 1.81. The summed E-state index contributed by atoms with van der Waals surface area (Å²) >= 11 is 0. The Morgan fingerprint density at radius 1 is 0.727 bits per heavy atom. The van der Waals surface area contributed by atoms with E-state index in [1.54, 1.807) is 24.3 Å². The van der Waals surface area contributed by atoms with E-state index in [-0.39, 0.29) is 0 Å². The molecule has 4 heteroatoms. The van der Waals surface area contributed by atoms with Crippen LogP contribution >= 0.6 is 0 Å². The van der Waals surface area contributed by atoms with Crippen LogP contribution in [0, 0.1) is 0 Å². The number of rotatable bonds is 9. The Balaban J connectivity index is 1.70. The Labute approximate surface area is 130 Å². The number of hydrogen-bond donors (Lipinski definition) is 0. The van der Waals surface area contributed by atoms with E-state index >= 15 is 0 Å². The number of ether oxygens (including phenoxy) is 3. The monoisotopic (exact) mass is 300 g/mol. The lowest BCUT2D eigenvalue weighted by molar-refractivity contribution is 0.112. The van der Waals surface area contributed by atoms with Gasteiger partial charge in [0, 0.05) is 5.56 Å². The van der Waals surface area contributed by atoms with E-state index in [2.05, 4.69) is 6.92 Å². The first-order valence-corrected chi connectivity index (χ1v) is 7.35. The van der Waals surface area contributed by atoms with Gasteiger partial charge in [-0.05, 0) is 55.0 Å². The molecule has 0 fully saturated rings. The normalized spacial score (nSPS) is 10.0. The van der Waals surface area contributed by atoms with Crippen molar-refractivity contribution in [3.05, 3.63) is 54.1 Å². The van der Waals surface area contributed by atoms with Gasteiger partial charge in [0.2, 0.25) is 0 Å². The van der Waals surface area contributed by atoms with Gasteiger partial charge in [0.1, 0.15) is 36.7 Å². The molecule has 0 heterocycles. The lowest BCUT2D eigenvalue weighted by Gasteiger charge is -2.09. The fraction of sp³-hybridized carbons (Fsp3) is 0.278. The third-order valence-electron chi connectivity index (χ3n) is 2.93. The molecule has 0 amide bonds. The number of hydrogen-bond acceptors (Lipinski definition) is 4. The van der Waals surface area contributed by atoms with Crippen molar-refractivity contribution in [2.45, 2.75) is 13.3 Å². The van der Waals surface area contributed by atoms with Crippen molar-refractivity contribution in [2.24, 2.45) is 0 Å². The summed E-state index contributed by atoms with van der Waals surface area (Å²) in [5, 5.41) is 0. The summed E-state index contributed by atoms with van der Waals surface area (Å²) in [5.74, 6) is 2.35. The minimum Gasteiger partial charge on any atom is -0.494 e. The van der Waals surface area contributed by atoms with Gasteiger partial charge in [-0.15, -0.1) is 0 Å². The average Bonchev–Trinajstić information content (AvgIpc) is 2.58. The van der Waals surface area contributed by atoms with Gasteiger partial charge in [-0.3, -0.25) is 4.79 Å². The summed E-state index contributed by atoms with van der Waals surface area (Å²) in [7, 11) is 0. The second-order valence-electron chi connectivity index (χ2n) is 4.70. The molecule has 0 bridgehead atoms. The van der Waals surface area contributed by atoms with Crippen LogP contribution in [0.2, 0.25) is 0 Å². The smallest absolute Gasteiger partial charge is 0.150 e. The first-order valence-electron chi connectivity index (χ1n) is 7.35. The maximum absolute atomic E-state index is 10.5. The lowest BCUT2D eigenvalue weighted by Crippen LogP contribution is -2.09. The highest BCUT2D eigenvalue weighted by molar-refractivity contribution is 5.74. The molecule has 4 nitrogen and oxygen atoms in total. The Kier molecular flexibility index (Phi) is 6.30. The van der Waals surface area contributed by atoms with E-state index in [1.807, 2.05) is 24.3 Å². The Morgan fingerprint density at radius 2 is 1.14 bits per heavy atom. The fourth-order valence-electron chi connectivity index (χ4n) is 1.81. The van der Waals surface area contributed by atoms with Crippen molar-refractivity contribution >= 4 is 6.29 Å². The number of benzene rings is 2. The van der Waals surface area contributed by atoms with Gasteiger partial charge in [0.15, 0.2) is 0 Å². The van der Waals surface area contributed by atoms with Gasteiger partial charge in [0.25, 0.3) is 0 Å². The van der Waals surface area contributed by atoms with Crippen molar-refractivity contribution in [3.8, 4) is 17.2 Å². The second kappa shape index (κ2) is 8.72. The van der Waals surface area contributed by atoms with Crippen LogP contribution in [0.3, 0.4) is 0 Å². The van der Waals surface area contributed by atoms with Crippen molar-refractivity contribution in [1.29, 1.82) is 0 Å². The summed E-state index contributed by atoms with van der Waals surface area (Å²) in [6.45, 7) is 3.68. The molecule has 2 rings (SSSR count). The zero-order valence-corrected chi connectivity index (χ0v) is 12.7. The van der Waals surface area contributed by atoms with Crippen LogP contribution in [-0.2, 0) is 0 Å². The molecule has 116 valence electrons. The molecule has 0 N–H and O–H groups in total. The highest BCUT2D eigenvalue weighted by Gasteiger charge is 1.98. The molecule has 2 aromatic rings. The Morgan fingerprint density at radius 3 is 1.55 bits per heavy atom. The van der Waals surface area contributed by atoms with Crippen LogP contribution in [0.4, 0.5) is 0 Å². The number of aldehydes is 1. The molecular weight excluding hydrogens is 280 g/mol. The summed E-state index contributed by atoms with van der Waals surface area (Å²) in [4.78, 5) is 10.5. The third-order valence-corrected chi connectivity index (χ3v) is 2.93. The standard InChI is InChI=1S/C18H20O4/c1-2-11-20-17-7-9-18(10-8-17)22-13-12-21-16-5-3-15(14-19)4-6-16/h3-10,14H,2,11-13H2,1H3. The second-order valence-corrected chi connectivity index (χ2v) is 4.70. The molecular formula is C18H20O4. The first-order chi connectivity index (χ1) is 10.8. The van der Waals surface area contributed by atoms with Crippen LogP contribution in [0.25, 0.3) is 0 Å². The summed E-state index contributed by atoms with van der Waals surface area (Å²) in [5.41, 5.74) is 0.633. The summed E-state index contributed by atoms with van der Waals surface area (Å²) < 4.78 is 16.6. The van der Waals surface area contributed by atoms with Crippen LogP contribution in [0.1, 0.15) is 23.7 Å². The molecule has 0 atom stereocenters. The Bertz CT molecular complexity index is 561. The molecule has 0 aliphatic heterocycles. The topological polar surface area (TPSA) is 44.8 Å². The van der Waals surface area contributed by atoms with E-state index in [4.69, 9.17) is 14.2 Å². The quantitative estimate of drug-likeness (QED) is 0.522. The Hall–Kier alpha value is -2.49. The van der Waals surface area contributed by atoms with Crippen molar-refractivity contribution in [3.63, 3.8) is 0 Å². The minimum atomic E-state index is 0.439. The SMILES string of the molecule is CCCOc1ccc(OCCOc2ccc(C=O)cc2)cc1. The highest BCUT2D eigenvalue weighted by atomic mass is 16.5. The third kappa shape index (κ3) is 5.13. The summed E-state index contributed by atoms with van der Waals surface area (Å²) in [6.07, 6.45) is 1.80. The molecule has 22 heavy (non-hydrogen) atoms. The maximum Gasteiger partial charge on any atom is 0.150 e. The average molecular weight is 300 g/mol. The predicted molar refractivity (Wildman–Crippen MR) is 85.0 cm³/mol. The van der Waals surface area contributed by atoms with E-state index in [0.717, 1.165) is 36.6 Å². The molecule has 0 unspecified atom stereocenters. The highest BCUT2D eigenvalue weighted by Crippen LogP contribution is 2.18. The summed E-state index contributed by atoms with van der Waals surface area (Å²) in [6, 6.07) is 14.5. The van der Waals surface area contributed by atoms with E-state index in [0.29, 0.717) is 18.8 Å². The first kappa shape index (κ1) is 15.9. The minimum absolute atomic E-state index is 0.439. The number of carbonyl (C=O) groups excluding carboxylic acids is 1. The van der Waals surface area contributed by atoms with Crippen LogP contribution in [0.15, 0.2) is 48.5 Å². The lowest BCUT2D eigenvalue weighted by atomic mass is 10.2. The van der Waals surface area contributed by atoms with Crippen molar-refractivity contribution < 1.29 is 19.0 Å². The molecule has 0 saturated carbocycles. The van der Waals surface area contributed by atoms with Crippen LogP contribution in [0.5, 0.6) is 17.2 Å². The van der Waals surface area contributed by atoms with Crippen molar-refractivity contribution in [1.82, 2.24) is 0 Å². The molecule has 0 spiro atoms. The van der Waals surface area contributed by atoms with E-state index in [9.17, 15) is 4.79 Å². The maximum atomic E-state index is 10.5. The molecule has 0 aliphatic rings. The van der Waals surface area contributed by atoms with E-state index < -0.39 is 0 Å². The zero-order valence-electron chi connectivity index (χ0n) is 12.7. The predicted octanol–water partition coefficient (Wildman–Crippen LogP) is 3.75. The van der Waals surface area contributed by atoms with Crippen LogP contribution in [-0.4, -0.2) is 26.1 Å². The molecule has 0 radical (unpaired) electrons. The molecule has 0 aromatic heterocycles. The zero-order chi connectivity index (χ0) is 15.6. The number of carbonyl (C=O) groups is 1. The van der Waals surface area contributed by atoms with Gasteiger partial charge >= 0.3 is 0 Å². The van der Waals surface area contributed by atoms with Gasteiger partial charge in [-0.1, -0.05) is 6.92 Å².